The van der Waals surface area contributed by atoms with Gasteiger partial charge in [-0.2, -0.15) is 0 Å². The number of nitrogens with one attached hydrogen (secondary N) is 1. The van der Waals surface area contributed by atoms with Crippen molar-refractivity contribution < 1.29 is 9.59 Å². The lowest BCUT2D eigenvalue weighted by Crippen LogP contribution is -2.35. The normalized spacial score (nSPS) is 16.2. The first-order valence-corrected chi connectivity index (χ1v) is 11.1. The third-order valence-corrected chi connectivity index (χ3v) is 5.96. The number of hydrogen-bond donors (Lipinski definition) is 1. The van der Waals surface area contributed by atoms with Crippen LogP contribution in [0.4, 0.5) is 11.4 Å². The van der Waals surface area contributed by atoms with Gasteiger partial charge in [0.15, 0.2) is 5.17 Å². The summed E-state index contributed by atoms with van der Waals surface area (Å²) in [6.45, 7) is 5.39. The summed E-state index contributed by atoms with van der Waals surface area (Å²) in [7, 11) is 0. The van der Waals surface area contributed by atoms with Crippen LogP contribution in [0.3, 0.4) is 0 Å². The first-order valence-electron chi connectivity index (χ1n) is 9.91. The summed E-state index contributed by atoms with van der Waals surface area (Å²) >= 11 is 7.56. The van der Waals surface area contributed by atoms with Gasteiger partial charge in [0.1, 0.15) is 0 Å². The second-order valence-corrected chi connectivity index (χ2v) is 8.84. The molecular formula is C23H20ClN5O2S. The van der Waals surface area contributed by atoms with Crippen molar-refractivity contribution in [1.82, 2.24) is 15.3 Å². The first kappa shape index (κ1) is 22.0. The third-order valence-electron chi connectivity index (χ3n) is 4.73. The van der Waals surface area contributed by atoms with Crippen LogP contribution < -0.4 is 10.2 Å². The van der Waals surface area contributed by atoms with Gasteiger partial charge in [-0.05, 0) is 67.6 Å². The van der Waals surface area contributed by atoms with Gasteiger partial charge in [-0.25, -0.2) is 4.99 Å². The van der Waals surface area contributed by atoms with Crippen LogP contribution in [-0.2, 0) is 9.59 Å². The topological polar surface area (TPSA) is 87.5 Å². The number of anilines is 1. The van der Waals surface area contributed by atoms with E-state index < -0.39 is 0 Å². The van der Waals surface area contributed by atoms with Gasteiger partial charge in [0.25, 0.3) is 5.91 Å². The van der Waals surface area contributed by atoms with E-state index >= 15 is 0 Å². The SMILES string of the molecule is CC(=O)N(c1ccc(Cl)c(N=C2NC(=O)/C(=C\c3ccc4nccnc4c3)S2)c1)C(C)C. The van der Waals surface area contributed by atoms with E-state index in [9.17, 15) is 9.59 Å². The summed E-state index contributed by atoms with van der Waals surface area (Å²) in [6, 6.07) is 10.8. The van der Waals surface area contributed by atoms with Crippen LogP contribution in [0.2, 0.25) is 5.02 Å². The molecule has 1 saturated heterocycles. The molecule has 0 saturated carbocycles. The molecule has 32 heavy (non-hydrogen) atoms. The number of carbonyl (C=O) groups is 2. The maximum Gasteiger partial charge on any atom is 0.264 e. The second kappa shape index (κ2) is 9.10. The summed E-state index contributed by atoms with van der Waals surface area (Å²) in [5, 5.41) is 3.61. The minimum atomic E-state index is -0.243. The van der Waals surface area contributed by atoms with Gasteiger partial charge in [0.05, 0.1) is 26.6 Å². The molecular weight excluding hydrogens is 446 g/mol. The highest BCUT2D eigenvalue weighted by molar-refractivity contribution is 8.18. The Kier molecular flexibility index (Phi) is 6.25. The number of amidine groups is 1. The van der Waals surface area contributed by atoms with Crippen LogP contribution in [0.25, 0.3) is 17.1 Å². The fraction of sp³-hybridized carbons (Fsp3) is 0.174. The van der Waals surface area contributed by atoms with Gasteiger partial charge in [0.2, 0.25) is 5.91 Å². The maximum atomic E-state index is 12.5. The van der Waals surface area contributed by atoms with Gasteiger partial charge in [0, 0.05) is 31.0 Å². The number of benzene rings is 2. The molecule has 1 aliphatic rings. The Morgan fingerprint density at radius 1 is 1.16 bits per heavy atom. The third kappa shape index (κ3) is 4.66. The molecule has 1 aliphatic heterocycles. The van der Waals surface area contributed by atoms with E-state index in [1.165, 1.54) is 18.7 Å². The summed E-state index contributed by atoms with van der Waals surface area (Å²) in [5.74, 6) is -0.317. The molecule has 9 heteroatoms. The van der Waals surface area contributed by atoms with Gasteiger partial charge >= 0.3 is 0 Å². The minimum absolute atomic E-state index is 0.0177. The smallest absolute Gasteiger partial charge is 0.264 e. The largest absolute Gasteiger partial charge is 0.310 e. The molecule has 0 unspecified atom stereocenters. The van der Waals surface area contributed by atoms with Crippen LogP contribution in [0.1, 0.15) is 26.3 Å². The Morgan fingerprint density at radius 2 is 1.91 bits per heavy atom. The van der Waals surface area contributed by atoms with E-state index in [-0.39, 0.29) is 17.9 Å². The Morgan fingerprint density at radius 3 is 2.62 bits per heavy atom. The van der Waals surface area contributed by atoms with Gasteiger partial charge < -0.3 is 10.2 Å². The predicted octanol–water partition coefficient (Wildman–Crippen LogP) is 4.94. The zero-order valence-electron chi connectivity index (χ0n) is 17.7. The van der Waals surface area contributed by atoms with Gasteiger partial charge in [-0.1, -0.05) is 17.7 Å². The van der Waals surface area contributed by atoms with Crippen LogP contribution in [0, 0.1) is 0 Å². The molecule has 0 radical (unpaired) electrons. The molecule has 7 nitrogen and oxygen atoms in total. The van der Waals surface area contributed by atoms with Crippen molar-refractivity contribution in [2.45, 2.75) is 26.8 Å². The molecule has 2 aromatic carbocycles. The van der Waals surface area contributed by atoms with Crippen molar-refractivity contribution in [2.75, 3.05) is 4.90 Å². The summed E-state index contributed by atoms with van der Waals surface area (Å²) in [5.41, 5.74) is 3.55. The highest BCUT2D eigenvalue weighted by Gasteiger charge is 2.24. The molecule has 0 atom stereocenters. The van der Waals surface area contributed by atoms with Crippen molar-refractivity contribution in [3.05, 3.63) is 64.3 Å². The van der Waals surface area contributed by atoms with Crippen molar-refractivity contribution in [2.24, 2.45) is 4.99 Å². The monoisotopic (exact) mass is 465 g/mol. The lowest BCUT2D eigenvalue weighted by molar-refractivity contribution is -0.117. The standard InChI is InChI=1S/C23H20ClN5O2S/c1-13(2)29(14(3)30)16-5-6-17(24)19(12-16)27-23-28-22(31)21(32-23)11-15-4-7-18-20(10-15)26-9-8-25-18/h4-13H,1-3H3,(H,27,28,31)/b21-11+. The van der Waals surface area contributed by atoms with Crippen LogP contribution in [0.15, 0.2) is 58.7 Å². The van der Waals surface area contributed by atoms with E-state index in [0.29, 0.717) is 26.5 Å². The van der Waals surface area contributed by atoms with Gasteiger partial charge in [-0.3, -0.25) is 19.6 Å². The molecule has 0 aliphatic carbocycles. The van der Waals surface area contributed by atoms with Crippen LogP contribution in [-0.4, -0.2) is 33.0 Å². The number of thioether (sulfide) groups is 1. The van der Waals surface area contributed by atoms with Gasteiger partial charge in [-0.15, -0.1) is 0 Å². The second-order valence-electron chi connectivity index (χ2n) is 7.40. The van der Waals surface area contributed by atoms with E-state index in [1.807, 2.05) is 32.0 Å². The molecule has 2 heterocycles. The Hall–Kier alpha value is -3.23. The minimum Gasteiger partial charge on any atom is -0.310 e. The molecule has 3 aromatic rings. The zero-order chi connectivity index (χ0) is 22.8. The van der Waals surface area contributed by atoms with Crippen molar-refractivity contribution in [3.63, 3.8) is 0 Å². The maximum absolute atomic E-state index is 12.5. The predicted molar refractivity (Wildman–Crippen MR) is 130 cm³/mol. The van der Waals surface area contributed by atoms with Crippen molar-refractivity contribution in [3.8, 4) is 0 Å². The van der Waals surface area contributed by atoms with Crippen molar-refractivity contribution >= 4 is 68.8 Å². The molecule has 4 rings (SSSR count). The number of halogens is 1. The molecule has 1 fully saturated rings. The number of nitrogens with zero attached hydrogens (tertiary/aromatic N) is 4. The Labute approximate surface area is 194 Å². The summed E-state index contributed by atoms with van der Waals surface area (Å²) in [4.78, 5) is 39.8. The Bertz CT molecular complexity index is 1290. The number of aromatic nitrogens is 2. The fourth-order valence-electron chi connectivity index (χ4n) is 3.39. The number of rotatable bonds is 4. The van der Waals surface area contributed by atoms with E-state index in [4.69, 9.17) is 11.6 Å². The highest BCUT2D eigenvalue weighted by Crippen LogP contribution is 2.34. The quantitative estimate of drug-likeness (QED) is 0.551. The molecule has 1 aromatic heterocycles. The molecule has 2 amide bonds. The van der Waals surface area contributed by atoms with Crippen molar-refractivity contribution in [1.29, 1.82) is 0 Å². The van der Waals surface area contributed by atoms with Crippen LogP contribution >= 0.6 is 23.4 Å². The molecule has 162 valence electrons. The number of hydrogen-bond acceptors (Lipinski definition) is 6. The van der Waals surface area contributed by atoms with E-state index in [1.54, 1.807) is 41.6 Å². The molecule has 0 bridgehead atoms. The lowest BCUT2D eigenvalue weighted by Gasteiger charge is -2.25. The van der Waals surface area contributed by atoms with Crippen LogP contribution in [0.5, 0.6) is 0 Å². The molecule has 0 spiro atoms. The number of aliphatic imine (C=N–C) groups is 1. The first-order chi connectivity index (χ1) is 15.3. The zero-order valence-corrected chi connectivity index (χ0v) is 19.2. The highest BCUT2D eigenvalue weighted by atomic mass is 35.5. The average Bonchev–Trinajstić information content (AvgIpc) is 3.08. The fourth-order valence-corrected chi connectivity index (χ4v) is 4.39. The molecule has 1 N–H and O–H groups in total. The Balaban J connectivity index is 1.62. The van der Waals surface area contributed by atoms with E-state index in [0.717, 1.165) is 16.6 Å². The summed E-state index contributed by atoms with van der Waals surface area (Å²) < 4.78 is 0. The van der Waals surface area contributed by atoms with E-state index in [2.05, 4.69) is 20.3 Å². The average molecular weight is 466 g/mol. The number of fused-ring (bicyclic) bond motifs is 1. The lowest BCUT2D eigenvalue weighted by atomic mass is 10.2. The number of carbonyl (C=O) groups excluding carboxylic acids is 2. The summed E-state index contributed by atoms with van der Waals surface area (Å²) in [6.07, 6.45) is 5.05. The number of amides is 2.